The molecule has 0 saturated carbocycles. The molecular weight excluding hydrogens is 342 g/mol. The second kappa shape index (κ2) is 7.44. The zero-order chi connectivity index (χ0) is 18.0. The molecule has 2 aliphatic rings. The molecule has 0 N–H and O–H groups in total. The summed E-state index contributed by atoms with van der Waals surface area (Å²) in [6, 6.07) is 7.12. The summed E-state index contributed by atoms with van der Waals surface area (Å²) in [5.74, 6) is -0.350. The van der Waals surface area contributed by atoms with E-state index in [0.717, 1.165) is 12.1 Å². The Labute approximate surface area is 152 Å². The predicted octanol–water partition coefficient (Wildman–Crippen LogP) is 1.77. The highest BCUT2D eigenvalue weighted by molar-refractivity contribution is 6.31. The molecule has 7 heteroatoms. The van der Waals surface area contributed by atoms with Gasteiger partial charge in [-0.05, 0) is 24.6 Å². The third-order valence-electron chi connectivity index (χ3n) is 4.85. The van der Waals surface area contributed by atoms with Gasteiger partial charge in [0.15, 0.2) is 0 Å². The molecule has 1 atom stereocenters. The number of hydrogen-bond acceptors (Lipinski definition) is 3. The lowest BCUT2D eigenvalue weighted by molar-refractivity contribution is -0.136. The summed E-state index contributed by atoms with van der Waals surface area (Å²) in [6.07, 6.45) is 0.988. The number of carbonyl (C=O) groups is 3. The fraction of sp³-hybridized carbons (Fsp3) is 0.500. The lowest BCUT2D eigenvalue weighted by Gasteiger charge is -2.24. The Hall–Kier alpha value is -2.08. The maximum atomic E-state index is 12.8. The van der Waals surface area contributed by atoms with Crippen LogP contribution < -0.4 is 4.90 Å². The van der Waals surface area contributed by atoms with Crippen molar-refractivity contribution in [3.05, 3.63) is 29.3 Å². The van der Waals surface area contributed by atoms with Gasteiger partial charge in [0.2, 0.25) is 17.7 Å². The van der Waals surface area contributed by atoms with E-state index in [1.807, 2.05) is 6.07 Å². The lowest BCUT2D eigenvalue weighted by Crippen LogP contribution is -2.40. The fourth-order valence-electron chi connectivity index (χ4n) is 3.48. The molecule has 134 valence electrons. The van der Waals surface area contributed by atoms with Gasteiger partial charge in [-0.15, -0.1) is 0 Å². The summed E-state index contributed by atoms with van der Waals surface area (Å²) in [4.78, 5) is 41.9. The highest BCUT2D eigenvalue weighted by Gasteiger charge is 2.37. The Kier molecular flexibility index (Phi) is 5.27. The van der Waals surface area contributed by atoms with E-state index < -0.39 is 0 Å². The Morgan fingerprint density at radius 3 is 2.56 bits per heavy atom. The highest BCUT2D eigenvalue weighted by Crippen LogP contribution is 2.28. The van der Waals surface area contributed by atoms with Crippen LogP contribution in [0.3, 0.4) is 0 Å². The van der Waals surface area contributed by atoms with Crippen molar-refractivity contribution in [2.24, 2.45) is 5.92 Å². The van der Waals surface area contributed by atoms with Crippen LogP contribution in [-0.2, 0) is 14.4 Å². The van der Waals surface area contributed by atoms with Gasteiger partial charge >= 0.3 is 0 Å². The molecule has 2 saturated heterocycles. The zero-order valence-corrected chi connectivity index (χ0v) is 15.0. The fourth-order valence-corrected chi connectivity index (χ4v) is 3.66. The Morgan fingerprint density at radius 1 is 1.12 bits per heavy atom. The first kappa shape index (κ1) is 17.7. The highest BCUT2D eigenvalue weighted by atomic mass is 35.5. The first-order valence-electron chi connectivity index (χ1n) is 8.56. The van der Waals surface area contributed by atoms with E-state index in [1.54, 1.807) is 39.8 Å². The summed E-state index contributed by atoms with van der Waals surface area (Å²) in [5.41, 5.74) is 0.728. The molecule has 1 aromatic carbocycles. The van der Waals surface area contributed by atoms with Crippen LogP contribution in [-0.4, -0.2) is 60.2 Å². The summed E-state index contributed by atoms with van der Waals surface area (Å²) in [7, 11) is 0. The Bertz CT molecular complexity index is 694. The van der Waals surface area contributed by atoms with Crippen LogP contribution in [0.1, 0.15) is 19.8 Å². The molecule has 2 heterocycles. The van der Waals surface area contributed by atoms with Crippen molar-refractivity contribution in [3.8, 4) is 0 Å². The van der Waals surface area contributed by atoms with Gasteiger partial charge in [0, 0.05) is 56.8 Å². The molecule has 2 aliphatic heterocycles. The number of benzene rings is 1. The van der Waals surface area contributed by atoms with Crippen molar-refractivity contribution in [2.75, 3.05) is 37.6 Å². The van der Waals surface area contributed by atoms with Gasteiger partial charge in [0.05, 0.1) is 5.92 Å². The molecule has 0 bridgehead atoms. The largest absolute Gasteiger partial charge is 0.341 e. The summed E-state index contributed by atoms with van der Waals surface area (Å²) < 4.78 is 0. The number of nitrogens with zero attached hydrogens (tertiary/aromatic N) is 3. The van der Waals surface area contributed by atoms with E-state index in [0.29, 0.717) is 37.7 Å². The van der Waals surface area contributed by atoms with Crippen LogP contribution >= 0.6 is 11.6 Å². The van der Waals surface area contributed by atoms with E-state index in [9.17, 15) is 14.4 Å². The number of halogens is 1. The molecule has 2 fully saturated rings. The molecule has 0 radical (unpaired) electrons. The van der Waals surface area contributed by atoms with Crippen molar-refractivity contribution in [1.82, 2.24) is 9.80 Å². The van der Waals surface area contributed by atoms with Crippen LogP contribution in [0.4, 0.5) is 5.69 Å². The average Bonchev–Trinajstić information content (AvgIpc) is 2.80. The minimum atomic E-state index is -0.338. The number of anilines is 1. The number of amides is 3. The third kappa shape index (κ3) is 3.95. The average molecular weight is 364 g/mol. The van der Waals surface area contributed by atoms with Gasteiger partial charge in [-0.1, -0.05) is 17.7 Å². The van der Waals surface area contributed by atoms with Crippen LogP contribution in [0.25, 0.3) is 0 Å². The normalized spacial score (nSPS) is 21.4. The predicted molar refractivity (Wildman–Crippen MR) is 95.4 cm³/mol. The van der Waals surface area contributed by atoms with Crippen molar-refractivity contribution in [2.45, 2.75) is 19.8 Å². The molecule has 0 spiro atoms. The van der Waals surface area contributed by atoms with Gasteiger partial charge in [-0.2, -0.15) is 0 Å². The van der Waals surface area contributed by atoms with Crippen LogP contribution in [0.5, 0.6) is 0 Å². The zero-order valence-electron chi connectivity index (χ0n) is 14.3. The molecule has 0 aliphatic carbocycles. The van der Waals surface area contributed by atoms with Crippen molar-refractivity contribution >= 4 is 35.0 Å². The second-order valence-electron chi connectivity index (χ2n) is 6.57. The minimum Gasteiger partial charge on any atom is -0.341 e. The lowest BCUT2D eigenvalue weighted by atomic mass is 10.1. The van der Waals surface area contributed by atoms with Crippen molar-refractivity contribution in [1.29, 1.82) is 0 Å². The molecule has 1 unspecified atom stereocenters. The standard InChI is InChI=1S/C18H22ClN3O3/c1-13(23)20-6-3-7-21(9-8-20)18(25)14-10-17(24)22(12-14)16-5-2-4-15(19)11-16/h2,4-5,11,14H,3,6-10,12H2,1H3. The topological polar surface area (TPSA) is 60.9 Å². The SMILES string of the molecule is CC(=O)N1CCCN(C(=O)C2CC(=O)N(c3cccc(Cl)c3)C2)CC1. The second-order valence-corrected chi connectivity index (χ2v) is 7.01. The van der Waals surface area contributed by atoms with Gasteiger partial charge in [0.1, 0.15) is 0 Å². The van der Waals surface area contributed by atoms with Crippen LogP contribution in [0.2, 0.25) is 5.02 Å². The Morgan fingerprint density at radius 2 is 1.84 bits per heavy atom. The van der Waals surface area contributed by atoms with Crippen molar-refractivity contribution in [3.63, 3.8) is 0 Å². The minimum absolute atomic E-state index is 0.00304. The van der Waals surface area contributed by atoms with E-state index >= 15 is 0 Å². The van der Waals surface area contributed by atoms with Gasteiger partial charge in [-0.25, -0.2) is 0 Å². The van der Waals surface area contributed by atoms with Gasteiger partial charge in [-0.3, -0.25) is 14.4 Å². The number of carbonyl (C=O) groups excluding carboxylic acids is 3. The summed E-state index contributed by atoms with van der Waals surface area (Å²) in [5, 5.41) is 0.567. The van der Waals surface area contributed by atoms with Crippen molar-refractivity contribution < 1.29 is 14.4 Å². The monoisotopic (exact) mass is 363 g/mol. The maximum absolute atomic E-state index is 12.8. The molecule has 1 aromatic rings. The third-order valence-corrected chi connectivity index (χ3v) is 5.08. The van der Waals surface area contributed by atoms with Crippen LogP contribution in [0.15, 0.2) is 24.3 Å². The van der Waals surface area contributed by atoms with E-state index in [4.69, 9.17) is 11.6 Å². The Balaban J connectivity index is 1.65. The smallest absolute Gasteiger partial charge is 0.228 e. The summed E-state index contributed by atoms with van der Waals surface area (Å²) in [6.45, 7) is 4.32. The van der Waals surface area contributed by atoms with E-state index in [1.165, 1.54) is 0 Å². The van der Waals surface area contributed by atoms with Gasteiger partial charge < -0.3 is 14.7 Å². The molecule has 6 nitrogen and oxygen atoms in total. The van der Waals surface area contributed by atoms with Crippen LogP contribution in [0, 0.1) is 5.92 Å². The first-order chi connectivity index (χ1) is 12.0. The van der Waals surface area contributed by atoms with E-state index in [-0.39, 0.29) is 30.1 Å². The molecule has 3 amide bonds. The van der Waals surface area contributed by atoms with Gasteiger partial charge in [0.25, 0.3) is 0 Å². The molecular formula is C18H22ClN3O3. The molecule has 3 rings (SSSR count). The number of hydrogen-bond donors (Lipinski definition) is 0. The molecule has 25 heavy (non-hydrogen) atoms. The quantitative estimate of drug-likeness (QED) is 0.804. The number of rotatable bonds is 2. The molecule has 0 aromatic heterocycles. The first-order valence-corrected chi connectivity index (χ1v) is 8.93. The van der Waals surface area contributed by atoms with E-state index in [2.05, 4.69) is 0 Å². The summed E-state index contributed by atoms with van der Waals surface area (Å²) >= 11 is 6.00. The maximum Gasteiger partial charge on any atom is 0.228 e.